The lowest BCUT2D eigenvalue weighted by Crippen LogP contribution is -2.29. The van der Waals surface area contributed by atoms with Gasteiger partial charge in [-0.25, -0.2) is 9.67 Å². The van der Waals surface area contributed by atoms with Crippen LogP contribution in [-0.2, 0) is 0 Å². The van der Waals surface area contributed by atoms with Gasteiger partial charge in [0, 0.05) is 12.6 Å². The van der Waals surface area contributed by atoms with E-state index in [-0.39, 0.29) is 11.9 Å². The fraction of sp³-hybridized carbons (Fsp3) is 0.318. The Labute approximate surface area is 181 Å². The highest BCUT2D eigenvalue weighted by Crippen LogP contribution is 2.37. The third kappa shape index (κ3) is 4.57. The number of halogens is 1. The van der Waals surface area contributed by atoms with Gasteiger partial charge in [-0.3, -0.25) is 4.79 Å². The minimum atomic E-state index is -0.162. The zero-order valence-corrected chi connectivity index (χ0v) is 18.3. The van der Waals surface area contributed by atoms with Gasteiger partial charge >= 0.3 is 0 Å². The summed E-state index contributed by atoms with van der Waals surface area (Å²) in [4.78, 5) is 18.7. The average molecular weight is 429 g/mol. The quantitative estimate of drug-likeness (QED) is 0.526. The molecule has 158 valence electrons. The van der Waals surface area contributed by atoms with Crippen molar-refractivity contribution in [3.8, 4) is 17.2 Å². The van der Waals surface area contributed by atoms with Gasteiger partial charge in [-0.2, -0.15) is 5.10 Å². The lowest BCUT2D eigenvalue weighted by molar-refractivity contribution is 0.0742. The summed E-state index contributed by atoms with van der Waals surface area (Å²) in [6.45, 7) is 4.50. The number of ether oxygens (including phenoxy) is 2. The summed E-state index contributed by atoms with van der Waals surface area (Å²) < 4.78 is 12.7. The minimum Gasteiger partial charge on any atom is -0.493 e. The predicted molar refractivity (Wildman–Crippen MR) is 116 cm³/mol. The molecule has 3 aromatic rings. The van der Waals surface area contributed by atoms with Gasteiger partial charge in [0.1, 0.15) is 12.7 Å². The monoisotopic (exact) mass is 428 g/mol. The molecule has 1 amide bonds. The van der Waals surface area contributed by atoms with Crippen LogP contribution in [0.3, 0.4) is 0 Å². The molecule has 7 nitrogen and oxygen atoms in total. The van der Waals surface area contributed by atoms with Crippen molar-refractivity contribution in [2.45, 2.75) is 26.3 Å². The van der Waals surface area contributed by atoms with E-state index in [0.717, 1.165) is 17.7 Å². The lowest BCUT2D eigenvalue weighted by atomic mass is 10.1. The van der Waals surface area contributed by atoms with Crippen LogP contribution < -0.4 is 9.47 Å². The first-order valence-electron chi connectivity index (χ1n) is 9.68. The summed E-state index contributed by atoms with van der Waals surface area (Å²) in [5, 5.41) is 4.47. The second-order valence-corrected chi connectivity index (χ2v) is 7.27. The molecule has 1 atom stereocenters. The summed E-state index contributed by atoms with van der Waals surface area (Å²) in [5.41, 5.74) is 2.33. The number of nitrogens with zero attached hydrogens (tertiary/aromatic N) is 4. The number of carbonyl (C=O) groups excluding carboxylic acids is 1. The maximum Gasteiger partial charge on any atom is 0.254 e. The molecule has 2 aromatic carbocycles. The van der Waals surface area contributed by atoms with Gasteiger partial charge in [-0.1, -0.05) is 30.7 Å². The van der Waals surface area contributed by atoms with Gasteiger partial charge < -0.3 is 14.4 Å². The van der Waals surface area contributed by atoms with Gasteiger partial charge in [-0.05, 0) is 43.2 Å². The molecule has 1 aromatic heterocycles. The first-order valence-corrected chi connectivity index (χ1v) is 10.1. The van der Waals surface area contributed by atoms with Crippen LogP contribution in [0.5, 0.6) is 11.5 Å². The lowest BCUT2D eigenvalue weighted by Gasteiger charge is -2.26. The van der Waals surface area contributed by atoms with Crippen molar-refractivity contribution >= 4 is 17.5 Å². The second-order valence-electron chi connectivity index (χ2n) is 6.86. The number of amides is 1. The molecule has 0 aliphatic carbocycles. The predicted octanol–water partition coefficient (Wildman–Crippen LogP) is 4.55. The number of methoxy groups -OCH3 is 1. The van der Waals surface area contributed by atoms with Crippen molar-refractivity contribution in [1.29, 1.82) is 0 Å². The van der Waals surface area contributed by atoms with Crippen LogP contribution in [0.1, 0.15) is 42.2 Å². The van der Waals surface area contributed by atoms with E-state index < -0.39 is 0 Å². The smallest absolute Gasteiger partial charge is 0.254 e. The Morgan fingerprint density at radius 3 is 2.60 bits per heavy atom. The van der Waals surface area contributed by atoms with Crippen molar-refractivity contribution in [3.05, 3.63) is 65.2 Å². The number of aromatic nitrogens is 3. The van der Waals surface area contributed by atoms with E-state index in [0.29, 0.717) is 28.7 Å². The third-order valence-corrected chi connectivity index (χ3v) is 5.17. The summed E-state index contributed by atoms with van der Waals surface area (Å²) in [6, 6.07) is 11.0. The van der Waals surface area contributed by atoms with Crippen molar-refractivity contribution in [2.75, 3.05) is 20.8 Å². The van der Waals surface area contributed by atoms with Crippen LogP contribution in [-0.4, -0.2) is 46.3 Å². The number of benzene rings is 2. The Morgan fingerprint density at radius 2 is 2.00 bits per heavy atom. The summed E-state index contributed by atoms with van der Waals surface area (Å²) in [6.07, 6.45) is 3.97. The van der Waals surface area contributed by atoms with E-state index in [1.165, 1.54) is 13.4 Å². The first kappa shape index (κ1) is 21.6. The first-order chi connectivity index (χ1) is 14.5. The molecule has 0 saturated heterocycles. The third-order valence-electron chi connectivity index (χ3n) is 4.89. The molecule has 1 unspecified atom stereocenters. The van der Waals surface area contributed by atoms with Gasteiger partial charge in [0.05, 0.1) is 30.5 Å². The highest BCUT2D eigenvalue weighted by atomic mass is 35.5. The minimum absolute atomic E-state index is 0.150. The zero-order valence-electron chi connectivity index (χ0n) is 17.5. The molecule has 0 aliphatic heterocycles. The van der Waals surface area contributed by atoms with Crippen LogP contribution in [0.25, 0.3) is 5.69 Å². The Morgan fingerprint density at radius 1 is 1.27 bits per heavy atom. The Kier molecular flexibility index (Phi) is 6.95. The average Bonchev–Trinajstić information content (AvgIpc) is 3.31. The number of rotatable bonds is 8. The molecule has 0 radical (unpaired) electrons. The maximum absolute atomic E-state index is 13.1. The van der Waals surface area contributed by atoms with Crippen molar-refractivity contribution in [2.24, 2.45) is 0 Å². The molecule has 0 bridgehead atoms. The zero-order chi connectivity index (χ0) is 21.7. The summed E-state index contributed by atoms with van der Waals surface area (Å²) in [5.74, 6) is 0.736. The molecule has 0 fully saturated rings. The molecule has 0 aliphatic rings. The standard InChI is InChI=1S/C22H25ClN4O3/c1-5-10-30-21-19(23)11-17(12-20(21)29-4)22(28)26(3)15(2)16-6-8-18(9-7-16)27-14-24-13-25-27/h6-9,11-15H,5,10H2,1-4H3. The van der Waals surface area contributed by atoms with Crippen molar-refractivity contribution < 1.29 is 14.3 Å². The summed E-state index contributed by atoms with van der Waals surface area (Å²) in [7, 11) is 3.29. The second kappa shape index (κ2) is 9.63. The highest BCUT2D eigenvalue weighted by Gasteiger charge is 2.22. The van der Waals surface area contributed by atoms with Crippen LogP contribution >= 0.6 is 11.6 Å². The normalized spacial score (nSPS) is 11.8. The largest absolute Gasteiger partial charge is 0.493 e. The van der Waals surface area contributed by atoms with E-state index in [9.17, 15) is 4.79 Å². The van der Waals surface area contributed by atoms with Crippen LogP contribution in [0, 0.1) is 0 Å². The molecule has 0 spiro atoms. The SMILES string of the molecule is CCCOc1c(Cl)cc(C(=O)N(C)C(C)c2ccc(-n3cncn3)cc2)cc1OC. The fourth-order valence-electron chi connectivity index (χ4n) is 3.04. The topological polar surface area (TPSA) is 69.5 Å². The van der Waals surface area contributed by atoms with Gasteiger partial charge in [0.15, 0.2) is 11.5 Å². The molecule has 0 N–H and O–H groups in total. The van der Waals surface area contributed by atoms with Crippen LogP contribution in [0.15, 0.2) is 49.1 Å². The van der Waals surface area contributed by atoms with E-state index in [1.54, 1.807) is 35.1 Å². The Balaban J connectivity index is 1.79. The number of hydrogen-bond acceptors (Lipinski definition) is 5. The van der Waals surface area contributed by atoms with Crippen LogP contribution in [0.2, 0.25) is 5.02 Å². The molecule has 0 saturated carbocycles. The highest BCUT2D eigenvalue weighted by molar-refractivity contribution is 6.32. The molecule has 1 heterocycles. The number of carbonyl (C=O) groups is 1. The van der Waals surface area contributed by atoms with E-state index >= 15 is 0 Å². The van der Waals surface area contributed by atoms with Gasteiger partial charge in [0.2, 0.25) is 0 Å². The van der Waals surface area contributed by atoms with Crippen LogP contribution in [0.4, 0.5) is 0 Å². The molecule has 3 rings (SSSR count). The Bertz CT molecular complexity index is 990. The van der Waals surface area contributed by atoms with Crippen molar-refractivity contribution in [1.82, 2.24) is 19.7 Å². The van der Waals surface area contributed by atoms with E-state index in [1.807, 2.05) is 38.1 Å². The van der Waals surface area contributed by atoms with E-state index in [2.05, 4.69) is 10.1 Å². The molecular formula is C22H25ClN4O3. The van der Waals surface area contributed by atoms with Gasteiger partial charge in [0.25, 0.3) is 5.91 Å². The summed E-state index contributed by atoms with van der Waals surface area (Å²) >= 11 is 6.37. The number of hydrogen-bond donors (Lipinski definition) is 0. The maximum atomic E-state index is 13.1. The molecular weight excluding hydrogens is 404 g/mol. The Hall–Kier alpha value is -3.06. The fourth-order valence-corrected chi connectivity index (χ4v) is 3.30. The van der Waals surface area contributed by atoms with E-state index in [4.69, 9.17) is 21.1 Å². The van der Waals surface area contributed by atoms with Crippen molar-refractivity contribution in [3.63, 3.8) is 0 Å². The molecule has 8 heteroatoms. The van der Waals surface area contributed by atoms with Gasteiger partial charge in [-0.15, -0.1) is 0 Å². The molecule has 30 heavy (non-hydrogen) atoms.